The third-order valence-corrected chi connectivity index (χ3v) is 4.74. The van der Waals surface area contributed by atoms with Crippen LogP contribution in [0.4, 0.5) is 5.69 Å². The third-order valence-electron chi connectivity index (χ3n) is 3.34. The van der Waals surface area contributed by atoms with Gasteiger partial charge in [-0.3, -0.25) is 9.59 Å². The summed E-state index contributed by atoms with van der Waals surface area (Å²) in [5.41, 5.74) is 0.628. The van der Waals surface area contributed by atoms with Crippen LogP contribution in [0.5, 0.6) is 11.5 Å². The van der Waals surface area contributed by atoms with Gasteiger partial charge in [0.2, 0.25) is 5.91 Å². The SMILES string of the molecule is O=C(CNC(=O)c1cccs1)Nc1ccc(Oc2ccc(Br)cc2)cc1. The molecular weight excluding hydrogens is 416 g/mol. The number of benzene rings is 2. The Morgan fingerprint density at radius 3 is 2.23 bits per heavy atom. The Balaban J connectivity index is 1.49. The van der Waals surface area contributed by atoms with E-state index in [1.165, 1.54) is 11.3 Å². The standard InChI is InChI=1S/C19H15BrN2O3S/c20-13-3-7-15(8-4-13)25-16-9-5-14(6-10-16)22-18(23)12-21-19(24)17-2-1-11-26-17/h1-11H,12H2,(H,21,24)(H,22,23). The summed E-state index contributed by atoms with van der Waals surface area (Å²) in [5.74, 6) is 0.836. The molecule has 0 aliphatic carbocycles. The molecule has 2 N–H and O–H groups in total. The van der Waals surface area contributed by atoms with Crippen molar-refractivity contribution in [2.75, 3.05) is 11.9 Å². The van der Waals surface area contributed by atoms with Gasteiger partial charge in [0.05, 0.1) is 11.4 Å². The number of anilines is 1. The molecule has 1 heterocycles. The van der Waals surface area contributed by atoms with E-state index in [1.54, 1.807) is 36.4 Å². The summed E-state index contributed by atoms with van der Waals surface area (Å²) >= 11 is 4.70. The van der Waals surface area contributed by atoms with Crippen LogP contribution in [0.2, 0.25) is 0 Å². The molecule has 0 radical (unpaired) electrons. The minimum atomic E-state index is -0.295. The molecule has 0 spiro atoms. The van der Waals surface area contributed by atoms with Gasteiger partial charge in [0.15, 0.2) is 0 Å². The number of carbonyl (C=O) groups excluding carboxylic acids is 2. The molecule has 0 unspecified atom stereocenters. The Morgan fingerprint density at radius 2 is 1.62 bits per heavy atom. The number of hydrogen-bond donors (Lipinski definition) is 2. The van der Waals surface area contributed by atoms with Gasteiger partial charge in [-0.25, -0.2) is 0 Å². The Morgan fingerprint density at radius 1 is 0.962 bits per heavy atom. The van der Waals surface area contributed by atoms with Crippen LogP contribution in [-0.2, 0) is 4.79 Å². The van der Waals surface area contributed by atoms with Crippen LogP contribution in [0.3, 0.4) is 0 Å². The average molecular weight is 431 g/mol. The molecule has 0 saturated carbocycles. The molecule has 5 nitrogen and oxygen atoms in total. The van der Waals surface area contributed by atoms with E-state index >= 15 is 0 Å². The van der Waals surface area contributed by atoms with E-state index in [0.717, 1.165) is 10.2 Å². The van der Waals surface area contributed by atoms with Crippen LogP contribution in [0.15, 0.2) is 70.5 Å². The maximum Gasteiger partial charge on any atom is 0.261 e. The number of hydrogen-bond acceptors (Lipinski definition) is 4. The highest BCUT2D eigenvalue weighted by molar-refractivity contribution is 9.10. The highest BCUT2D eigenvalue weighted by Gasteiger charge is 2.09. The molecule has 3 aromatic rings. The summed E-state index contributed by atoms with van der Waals surface area (Å²) in [5, 5.41) is 7.13. The van der Waals surface area contributed by atoms with Gasteiger partial charge in [-0.05, 0) is 60.0 Å². The molecular formula is C19H15BrN2O3S. The predicted octanol–water partition coefficient (Wildman–Crippen LogP) is 4.67. The molecule has 0 atom stereocenters. The van der Waals surface area contributed by atoms with Gasteiger partial charge in [0.1, 0.15) is 11.5 Å². The van der Waals surface area contributed by atoms with Crippen LogP contribution in [0.25, 0.3) is 0 Å². The number of rotatable bonds is 6. The number of nitrogens with one attached hydrogen (secondary N) is 2. The van der Waals surface area contributed by atoms with E-state index < -0.39 is 0 Å². The molecule has 0 aliphatic rings. The van der Waals surface area contributed by atoms with Crippen molar-refractivity contribution in [2.24, 2.45) is 0 Å². The van der Waals surface area contributed by atoms with Crippen molar-refractivity contribution in [3.05, 3.63) is 75.4 Å². The number of thiophene rings is 1. The molecule has 26 heavy (non-hydrogen) atoms. The highest BCUT2D eigenvalue weighted by atomic mass is 79.9. The van der Waals surface area contributed by atoms with E-state index in [4.69, 9.17) is 4.74 Å². The van der Waals surface area contributed by atoms with Crippen LogP contribution in [0, 0.1) is 0 Å². The minimum absolute atomic E-state index is 0.0894. The summed E-state index contributed by atoms with van der Waals surface area (Å²) < 4.78 is 6.70. The van der Waals surface area contributed by atoms with Crippen LogP contribution in [-0.4, -0.2) is 18.4 Å². The lowest BCUT2D eigenvalue weighted by Crippen LogP contribution is -2.32. The summed E-state index contributed by atoms with van der Waals surface area (Å²) in [6, 6.07) is 18.0. The zero-order chi connectivity index (χ0) is 18.4. The molecule has 0 bridgehead atoms. The predicted molar refractivity (Wildman–Crippen MR) is 106 cm³/mol. The topological polar surface area (TPSA) is 67.4 Å². The normalized spacial score (nSPS) is 10.2. The molecule has 2 aromatic carbocycles. The fourth-order valence-electron chi connectivity index (χ4n) is 2.11. The molecule has 0 saturated heterocycles. The summed E-state index contributed by atoms with van der Waals surface area (Å²) in [4.78, 5) is 24.3. The van der Waals surface area contributed by atoms with Crippen molar-refractivity contribution in [2.45, 2.75) is 0 Å². The van der Waals surface area contributed by atoms with E-state index in [9.17, 15) is 9.59 Å². The summed E-state index contributed by atoms with van der Waals surface area (Å²) in [6.07, 6.45) is 0. The lowest BCUT2D eigenvalue weighted by molar-refractivity contribution is -0.115. The van der Waals surface area contributed by atoms with Crippen molar-refractivity contribution in [3.8, 4) is 11.5 Å². The van der Waals surface area contributed by atoms with Crippen molar-refractivity contribution >= 4 is 44.8 Å². The molecule has 7 heteroatoms. The summed E-state index contributed by atoms with van der Waals surface area (Å²) in [7, 11) is 0. The zero-order valence-corrected chi connectivity index (χ0v) is 16.0. The van der Waals surface area contributed by atoms with E-state index in [-0.39, 0.29) is 18.4 Å². The molecule has 2 amide bonds. The van der Waals surface area contributed by atoms with Crippen LogP contribution in [0.1, 0.15) is 9.67 Å². The second kappa shape index (κ2) is 8.64. The Labute approximate surface area is 163 Å². The van der Waals surface area contributed by atoms with Gasteiger partial charge >= 0.3 is 0 Å². The zero-order valence-electron chi connectivity index (χ0n) is 13.6. The second-order valence-corrected chi connectivity index (χ2v) is 7.15. The van der Waals surface area contributed by atoms with E-state index in [0.29, 0.717) is 16.3 Å². The van der Waals surface area contributed by atoms with Crippen LogP contribution < -0.4 is 15.4 Å². The fourth-order valence-corrected chi connectivity index (χ4v) is 3.01. The monoisotopic (exact) mass is 430 g/mol. The second-order valence-electron chi connectivity index (χ2n) is 5.29. The van der Waals surface area contributed by atoms with Gasteiger partial charge in [-0.2, -0.15) is 0 Å². The first kappa shape index (κ1) is 18.2. The van der Waals surface area contributed by atoms with Crippen LogP contribution >= 0.6 is 27.3 Å². The minimum Gasteiger partial charge on any atom is -0.457 e. The van der Waals surface area contributed by atoms with Crippen molar-refractivity contribution in [3.63, 3.8) is 0 Å². The Bertz CT molecular complexity index is 878. The number of ether oxygens (including phenoxy) is 1. The molecule has 1 aromatic heterocycles. The summed E-state index contributed by atoms with van der Waals surface area (Å²) in [6.45, 7) is -0.0894. The van der Waals surface area contributed by atoms with Crippen molar-refractivity contribution in [1.82, 2.24) is 5.32 Å². The van der Waals surface area contributed by atoms with Crippen molar-refractivity contribution < 1.29 is 14.3 Å². The molecule has 0 fully saturated rings. The maximum atomic E-state index is 11.9. The first-order chi connectivity index (χ1) is 12.6. The Hall–Kier alpha value is -2.64. The van der Waals surface area contributed by atoms with Gasteiger partial charge in [-0.1, -0.05) is 22.0 Å². The average Bonchev–Trinajstić information content (AvgIpc) is 3.18. The van der Waals surface area contributed by atoms with Gasteiger partial charge < -0.3 is 15.4 Å². The molecule has 3 rings (SSSR count). The maximum absolute atomic E-state index is 11.9. The number of amides is 2. The highest BCUT2D eigenvalue weighted by Crippen LogP contribution is 2.24. The Kier molecular flexibility index (Phi) is 6.04. The van der Waals surface area contributed by atoms with Gasteiger partial charge in [-0.15, -0.1) is 11.3 Å². The quantitative estimate of drug-likeness (QED) is 0.596. The molecule has 0 aliphatic heterocycles. The largest absolute Gasteiger partial charge is 0.457 e. The fraction of sp³-hybridized carbons (Fsp3) is 0.0526. The van der Waals surface area contributed by atoms with Gasteiger partial charge in [0, 0.05) is 10.2 Å². The lowest BCUT2D eigenvalue weighted by atomic mass is 10.3. The smallest absolute Gasteiger partial charge is 0.261 e. The molecule has 132 valence electrons. The van der Waals surface area contributed by atoms with E-state index in [2.05, 4.69) is 26.6 Å². The first-order valence-corrected chi connectivity index (χ1v) is 9.42. The van der Waals surface area contributed by atoms with Crippen molar-refractivity contribution in [1.29, 1.82) is 0 Å². The number of halogens is 1. The number of carbonyl (C=O) groups is 2. The van der Waals surface area contributed by atoms with Gasteiger partial charge in [0.25, 0.3) is 5.91 Å². The first-order valence-electron chi connectivity index (χ1n) is 7.75. The third kappa shape index (κ3) is 5.18. The van der Waals surface area contributed by atoms with E-state index in [1.807, 2.05) is 29.6 Å². The lowest BCUT2D eigenvalue weighted by Gasteiger charge is -2.09.